The van der Waals surface area contributed by atoms with Crippen molar-refractivity contribution in [3.63, 3.8) is 0 Å². The van der Waals surface area contributed by atoms with Crippen LogP contribution in [0.2, 0.25) is 0 Å². The Balaban J connectivity index is 1.65. The van der Waals surface area contributed by atoms with E-state index in [-0.39, 0.29) is 29.7 Å². The summed E-state index contributed by atoms with van der Waals surface area (Å²) in [7, 11) is 0. The molecule has 2 amide bonds. The van der Waals surface area contributed by atoms with Crippen LogP contribution < -0.4 is 5.32 Å². The number of nitrogens with one attached hydrogen (secondary N) is 1. The van der Waals surface area contributed by atoms with Crippen molar-refractivity contribution >= 4 is 23.4 Å². The van der Waals surface area contributed by atoms with Gasteiger partial charge in [0.25, 0.3) is 0 Å². The van der Waals surface area contributed by atoms with Crippen molar-refractivity contribution in [1.29, 1.82) is 0 Å². The van der Waals surface area contributed by atoms with Crippen LogP contribution in [0.25, 0.3) is 0 Å². The lowest BCUT2D eigenvalue weighted by molar-refractivity contribution is -0.132. The Morgan fingerprint density at radius 3 is 2.55 bits per heavy atom. The summed E-state index contributed by atoms with van der Waals surface area (Å²) in [5.41, 5.74) is 2.60. The Labute approximate surface area is 188 Å². The molecule has 1 aliphatic carbocycles. The van der Waals surface area contributed by atoms with Crippen LogP contribution in [-0.2, 0) is 16.1 Å². The van der Waals surface area contributed by atoms with E-state index in [1.165, 1.54) is 19.1 Å². The molecule has 1 aromatic rings. The predicted molar refractivity (Wildman–Crippen MR) is 121 cm³/mol. The van der Waals surface area contributed by atoms with Gasteiger partial charge in [-0.3, -0.25) is 14.5 Å². The van der Waals surface area contributed by atoms with Gasteiger partial charge in [-0.25, -0.2) is 4.39 Å². The molecular weight excluding hydrogens is 417 g/mol. The lowest BCUT2D eigenvalue weighted by Gasteiger charge is -2.44. The van der Waals surface area contributed by atoms with Gasteiger partial charge < -0.3 is 10.2 Å². The molecule has 166 valence electrons. The number of allylic oxidation sites excluding steroid dienone is 4. The van der Waals surface area contributed by atoms with E-state index in [1.807, 2.05) is 11.8 Å². The molecule has 3 rings (SSSR count). The van der Waals surface area contributed by atoms with Gasteiger partial charge in [0.15, 0.2) is 0 Å². The lowest BCUT2D eigenvalue weighted by atomic mass is 10.0. The first kappa shape index (κ1) is 23.2. The van der Waals surface area contributed by atoms with Crippen molar-refractivity contribution in [3.05, 3.63) is 70.2 Å². The van der Waals surface area contributed by atoms with E-state index in [0.717, 1.165) is 24.2 Å². The fourth-order valence-electron chi connectivity index (χ4n) is 4.01. The van der Waals surface area contributed by atoms with Crippen molar-refractivity contribution in [3.8, 4) is 0 Å². The average Bonchev–Trinajstić information content (AvgIpc) is 2.71. The molecule has 7 heteroatoms. The fraction of sp³-hybridized carbons (Fsp3) is 0.417. The smallest absolute Gasteiger partial charge is 0.246 e. The van der Waals surface area contributed by atoms with Crippen LogP contribution in [0.4, 0.5) is 4.39 Å². The lowest BCUT2D eigenvalue weighted by Crippen LogP contribution is -2.57. The van der Waals surface area contributed by atoms with Crippen molar-refractivity contribution in [2.45, 2.75) is 52.2 Å². The zero-order valence-electron chi connectivity index (χ0n) is 18.2. The second-order valence-corrected chi connectivity index (χ2v) is 8.77. The van der Waals surface area contributed by atoms with Gasteiger partial charge in [-0.15, -0.1) is 0 Å². The first-order chi connectivity index (χ1) is 14.7. The number of carbonyl (C=O) groups is 2. The summed E-state index contributed by atoms with van der Waals surface area (Å²) in [5, 5.41) is 3.47. The molecule has 1 N–H and O–H groups in total. The van der Waals surface area contributed by atoms with Gasteiger partial charge in [-0.2, -0.15) is 0 Å². The van der Waals surface area contributed by atoms with E-state index in [4.69, 9.17) is 11.6 Å². The first-order valence-corrected chi connectivity index (χ1v) is 10.9. The highest BCUT2D eigenvalue weighted by atomic mass is 35.5. The molecule has 0 spiro atoms. The van der Waals surface area contributed by atoms with Gasteiger partial charge >= 0.3 is 0 Å². The zero-order chi connectivity index (χ0) is 22.5. The zero-order valence-corrected chi connectivity index (χ0v) is 19.0. The highest BCUT2D eigenvalue weighted by Crippen LogP contribution is 2.26. The molecule has 2 atom stereocenters. The summed E-state index contributed by atoms with van der Waals surface area (Å²) in [6.07, 6.45) is 6.48. The first-order valence-electron chi connectivity index (χ1n) is 10.6. The molecule has 1 saturated heterocycles. The molecule has 0 bridgehead atoms. The van der Waals surface area contributed by atoms with Gasteiger partial charge in [0.05, 0.1) is 0 Å². The fourth-order valence-corrected chi connectivity index (χ4v) is 4.21. The van der Waals surface area contributed by atoms with E-state index in [0.29, 0.717) is 30.1 Å². The van der Waals surface area contributed by atoms with Crippen LogP contribution in [0.3, 0.4) is 0 Å². The minimum Gasteiger partial charge on any atom is -0.334 e. The number of nitrogens with zero attached hydrogens (tertiary/aromatic N) is 2. The summed E-state index contributed by atoms with van der Waals surface area (Å²) in [6, 6.07) is 6.80. The Bertz CT molecular complexity index is 923. The molecule has 0 saturated carbocycles. The molecule has 1 aromatic carbocycles. The molecule has 0 radical (unpaired) electrons. The summed E-state index contributed by atoms with van der Waals surface area (Å²) < 4.78 is 13.2. The van der Waals surface area contributed by atoms with Crippen LogP contribution in [0.1, 0.15) is 39.2 Å². The molecule has 31 heavy (non-hydrogen) atoms. The molecule has 5 nitrogen and oxygen atoms in total. The third kappa shape index (κ3) is 6.28. The molecule has 1 fully saturated rings. The number of hydrogen-bond acceptors (Lipinski definition) is 3. The van der Waals surface area contributed by atoms with Crippen molar-refractivity contribution in [2.75, 3.05) is 13.1 Å². The highest BCUT2D eigenvalue weighted by molar-refractivity contribution is 6.29. The van der Waals surface area contributed by atoms with Crippen LogP contribution in [-0.4, -0.2) is 46.8 Å². The standard InChI is InChI=1S/C24H29ClFN3O2/c1-16-14-29(17(2)13-28(16)15-19-4-9-22(26)10-5-19)24(31)11-7-20-6-8-21(25)12-23(20)27-18(3)30/h4-5,7,9-12,16-17H,6,8,13-15H2,1-3H3,(H,27,30)/b11-7+/t16-,17+/m0/s1. The minimum atomic E-state index is -0.236. The molecule has 2 aliphatic rings. The van der Waals surface area contributed by atoms with Crippen molar-refractivity contribution in [1.82, 2.24) is 15.1 Å². The maximum atomic E-state index is 13.2. The van der Waals surface area contributed by atoms with E-state index < -0.39 is 0 Å². The van der Waals surface area contributed by atoms with E-state index in [9.17, 15) is 14.0 Å². The number of rotatable bonds is 5. The number of piperazine rings is 1. The van der Waals surface area contributed by atoms with Crippen molar-refractivity contribution in [2.24, 2.45) is 0 Å². The number of hydrogen-bond donors (Lipinski definition) is 1. The maximum Gasteiger partial charge on any atom is 0.246 e. The molecule has 0 aromatic heterocycles. The third-order valence-electron chi connectivity index (χ3n) is 5.71. The van der Waals surface area contributed by atoms with E-state index in [2.05, 4.69) is 17.1 Å². The molecule has 0 unspecified atom stereocenters. The van der Waals surface area contributed by atoms with Gasteiger partial charge in [0.1, 0.15) is 5.82 Å². The molecular formula is C24H29ClFN3O2. The normalized spacial score (nSPS) is 22.6. The van der Waals surface area contributed by atoms with Gasteiger partial charge in [-0.05, 0) is 56.0 Å². The predicted octanol–water partition coefficient (Wildman–Crippen LogP) is 4.11. The Hall–Kier alpha value is -2.44. The van der Waals surface area contributed by atoms with E-state index >= 15 is 0 Å². The maximum absolute atomic E-state index is 13.2. The monoisotopic (exact) mass is 445 g/mol. The average molecular weight is 446 g/mol. The number of amides is 2. The largest absolute Gasteiger partial charge is 0.334 e. The number of halogens is 2. The van der Waals surface area contributed by atoms with Crippen LogP contribution in [0.5, 0.6) is 0 Å². The minimum absolute atomic E-state index is 0.0453. The van der Waals surface area contributed by atoms with E-state index in [1.54, 1.807) is 30.4 Å². The van der Waals surface area contributed by atoms with Crippen molar-refractivity contribution < 1.29 is 14.0 Å². The second-order valence-electron chi connectivity index (χ2n) is 8.29. The van der Waals surface area contributed by atoms with Crippen LogP contribution in [0, 0.1) is 5.82 Å². The van der Waals surface area contributed by atoms with Crippen LogP contribution in [0.15, 0.2) is 58.8 Å². The SMILES string of the molecule is CC(=O)NC1=C(/C=C/C(=O)N2C[C@H](C)N(Cc3ccc(F)cc3)C[C@H]2C)CCC(Cl)=C1. The third-order valence-corrected chi connectivity index (χ3v) is 6.01. The summed E-state index contributed by atoms with van der Waals surface area (Å²) in [4.78, 5) is 28.6. The van der Waals surface area contributed by atoms with Gasteiger partial charge in [0.2, 0.25) is 11.8 Å². The Morgan fingerprint density at radius 1 is 1.16 bits per heavy atom. The number of carbonyl (C=O) groups excluding carboxylic acids is 2. The summed E-state index contributed by atoms with van der Waals surface area (Å²) in [6.45, 7) is 7.68. The summed E-state index contributed by atoms with van der Waals surface area (Å²) in [5.74, 6) is -0.453. The molecule has 1 aliphatic heterocycles. The quantitative estimate of drug-likeness (QED) is 0.694. The highest BCUT2D eigenvalue weighted by Gasteiger charge is 2.31. The van der Waals surface area contributed by atoms with Gasteiger partial charge in [0, 0.05) is 55.4 Å². The Morgan fingerprint density at radius 2 is 1.87 bits per heavy atom. The Kier molecular flexibility index (Phi) is 7.68. The van der Waals surface area contributed by atoms with Crippen LogP contribution >= 0.6 is 11.6 Å². The number of benzene rings is 1. The topological polar surface area (TPSA) is 52.7 Å². The molecule has 1 heterocycles. The summed E-state index contributed by atoms with van der Waals surface area (Å²) >= 11 is 6.11. The second kappa shape index (κ2) is 10.2. The van der Waals surface area contributed by atoms with Gasteiger partial charge in [-0.1, -0.05) is 29.8 Å².